The largest absolute Gasteiger partial charge is 0.300 e. The third-order valence-electron chi connectivity index (χ3n) is 2.86. The molecule has 0 N–H and O–H groups in total. The van der Waals surface area contributed by atoms with Crippen LogP contribution in [0.2, 0.25) is 0 Å². The molecule has 0 fully saturated rings. The molecule has 0 amide bonds. The van der Waals surface area contributed by atoms with Gasteiger partial charge in [0.05, 0.1) is 5.69 Å². The Labute approximate surface area is 112 Å². The van der Waals surface area contributed by atoms with Gasteiger partial charge in [0.25, 0.3) is 0 Å². The SMILES string of the molecule is CC(=O)CCc1sc(-c2cccc(C)c2)nc1C. The molecule has 1 heterocycles. The minimum Gasteiger partial charge on any atom is -0.300 e. The van der Waals surface area contributed by atoms with Gasteiger partial charge in [-0.05, 0) is 33.3 Å². The van der Waals surface area contributed by atoms with Crippen LogP contribution in [0.5, 0.6) is 0 Å². The molecular formula is C15H17NOS. The lowest BCUT2D eigenvalue weighted by atomic mass is 10.1. The van der Waals surface area contributed by atoms with Crippen molar-refractivity contribution in [1.29, 1.82) is 0 Å². The first kappa shape index (κ1) is 13.0. The molecule has 0 saturated carbocycles. The van der Waals surface area contributed by atoms with Crippen molar-refractivity contribution in [3.63, 3.8) is 0 Å². The van der Waals surface area contributed by atoms with Crippen molar-refractivity contribution in [2.24, 2.45) is 0 Å². The average molecular weight is 259 g/mol. The van der Waals surface area contributed by atoms with Gasteiger partial charge >= 0.3 is 0 Å². The van der Waals surface area contributed by atoms with Crippen LogP contribution in [-0.2, 0) is 11.2 Å². The van der Waals surface area contributed by atoms with Crippen LogP contribution in [0.4, 0.5) is 0 Å². The highest BCUT2D eigenvalue weighted by Gasteiger charge is 2.10. The molecule has 3 heteroatoms. The number of nitrogens with zero attached hydrogens (tertiary/aromatic N) is 1. The Morgan fingerprint density at radius 1 is 1.33 bits per heavy atom. The first-order valence-corrected chi connectivity index (χ1v) is 6.90. The van der Waals surface area contributed by atoms with E-state index in [1.165, 1.54) is 10.4 Å². The van der Waals surface area contributed by atoms with Crippen LogP contribution in [0, 0.1) is 13.8 Å². The second-order valence-corrected chi connectivity index (χ2v) is 5.68. The van der Waals surface area contributed by atoms with E-state index < -0.39 is 0 Å². The van der Waals surface area contributed by atoms with Crippen molar-refractivity contribution in [3.05, 3.63) is 40.4 Å². The Morgan fingerprint density at radius 3 is 2.78 bits per heavy atom. The standard InChI is InChI=1S/C15H17NOS/c1-10-5-4-6-13(9-10)15-16-12(3)14(18-15)8-7-11(2)17/h4-6,9H,7-8H2,1-3H3. The quantitative estimate of drug-likeness (QED) is 0.832. The second kappa shape index (κ2) is 5.44. The average Bonchev–Trinajstić information content (AvgIpc) is 2.68. The molecule has 0 aliphatic heterocycles. The third-order valence-corrected chi connectivity index (χ3v) is 4.13. The summed E-state index contributed by atoms with van der Waals surface area (Å²) in [6.07, 6.45) is 1.42. The lowest BCUT2D eigenvalue weighted by molar-refractivity contribution is -0.116. The molecule has 0 atom stereocenters. The van der Waals surface area contributed by atoms with Crippen LogP contribution in [0.15, 0.2) is 24.3 Å². The van der Waals surface area contributed by atoms with E-state index in [-0.39, 0.29) is 5.78 Å². The van der Waals surface area contributed by atoms with Crippen molar-refractivity contribution < 1.29 is 4.79 Å². The highest BCUT2D eigenvalue weighted by Crippen LogP contribution is 2.29. The normalized spacial score (nSPS) is 10.6. The van der Waals surface area contributed by atoms with Gasteiger partial charge in [0.1, 0.15) is 10.8 Å². The van der Waals surface area contributed by atoms with Crippen molar-refractivity contribution in [2.45, 2.75) is 33.6 Å². The van der Waals surface area contributed by atoms with E-state index in [9.17, 15) is 4.79 Å². The monoisotopic (exact) mass is 259 g/mol. The van der Waals surface area contributed by atoms with Gasteiger partial charge in [-0.2, -0.15) is 0 Å². The molecule has 0 saturated heterocycles. The summed E-state index contributed by atoms with van der Waals surface area (Å²) in [6.45, 7) is 5.74. The summed E-state index contributed by atoms with van der Waals surface area (Å²) in [6, 6.07) is 8.37. The molecule has 1 aromatic heterocycles. The van der Waals surface area contributed by atoms with Crippen LogP contribution < -0.4 is 0 Å². The van der Waals surface area contributed by atoms with Crippen molar-refractivity contribution in [2.75, 3.05) is 0 Å². The summed E-state index contributed by atoms with van der Waals surface area (Å²) in [5.41, 5.74) is 3.46. The molecule has 2 aromatic rings. The van der Waals surface area contributed by atoms with Gasteiger partial charge in [0.15, 0.2) is 0 Å². The zero-order valence-corrected chi connectivity index (χ0v) is 11.8. The zero-order valence-electron chi connectivity index (χ0n) is 11.0. The predicted molar refractivity (Wildman–Crippen MR) is 76.0 cm³/mol. The second-order valence-electron chi connectivity index (χ2n) is 4.60. The van der Waals surface area contributed by atoms with Crippen LogP contribution >= 0.6 is 11.3 Å². The van der Waals surface area contributed by atoms with Gasteiger partial charge in [0, 0.05) is 16.9 Å². The molecular weight excluding hydrogens is 242 g/mol. The maximum absolute atomic E-state index is 11.0. The summed E-state index contributed by atoms with van der Waals surface area (Å²) in [5, 5.41) is 1.05. The van der Waals surface area contributed by atoms with Crippen molar-refractivity contribution >= 4 is 17.1 Å². The van der Waals surface area contributed by atoms with Crippen LogP contribution in [0.25, 0.3) is 10.6 Å². The molecule has 0 radical (unpaired) electrons. The topological polar surface area (TPSA) is 30.0 Å². The van der Waals surface area contributed by atoms with Gasteiger partial charge < -0.3 is 4.79 Å². The lowest BCUT2D eigenvalue weighted by Crippen LogP contribution is -1.93. The number of carbonyl (C=O) groups excluding carboxylic acids is 1. The van der Waals surface area contributed by atoms with E-state index in [4.69, 9.17) is 0 Å². The molecule has 94 valence electrons. The first-order valence-electron chi connectivity index (χ1n) is 6.09. The number of hydrogen-bond donors (Lipinski definition) is 0. The zero-order chi connectivity index (χ0) is 13.1. The summed E-state index contributed by atoms with van der Waals surface area (Å²) in [4.78, 5) is 16.9. The van der Waals surface area contributed by atoms with Gasteiger partial charge in [-0.1, -0.05) is 23.8 Å². The van der Waals surface area contributed by atoms with Gasteiger partial charge in [-0.3, -0.25) is 0 Å². The Hall–Kier alpha value is -1.48. The maximum atomic E-state index is 11.0. The van der Waals surface area contributed by atoms with Crippen LogP contribution in [0.3, 0.4) is 0 Å². The Kier molecular flexibility index (Phi) is 3.92. The summed E-state index contributed by atoms with van der Waals surface area (Å²) < 4.78 is 0. The highest BCUT2D eigenvalue weighted by molar-refractivity contribution is 7.15. The highest BCUT2D eigenvalue weighted by atomic mass is 32.1. The number of benzene rings is 1. The van der Waals surface area contributed by atoms with E-state index in [0.717, 1.165) is 22.7 Å². The third kappa shape index (κ3) is 3.05. The molecule has 0 bridgehead atoms. The first-order chi connectivity index (χ1) is 8.56. The van der Waals surface area contributed by atoms with Crippen molar-refractivity contribution in [1.82, 2.24) is 4.98 Å². The number of hydrogen-bond acceptors (Lipinski definition) is 3. The minimum atomic E-state index is 0.236. The van der Waals surface area contributed by atoms with Crippen LogP contribution in [0.1, 0.15) is 29.5 Å². The van der Waals surface area contributed by atoms with E-state index in [1.807, 2.05) is 6.92 Å². The molecule has 0 unspecified atom stereocenters. The fourth-order valence-corrected chi connectivity index (χ4v) is 2.91. The number of aromatic nitrogens is 1. The van der Waals surface area contributed by atoms with E-state index >= 15 is 0 Å². The smallest absolute Gasteiger partial charge is 0.130 e. The van der Waals surface area contributed by atoms with Crippen LogP contribution in [-0.4, -0.2) is 10.8 Å². The van der Waals surface area contributed by atoms with E-state index in [0.29, 0.717) is 6.42 Å². The Morgan fingerprint density at radius 2 is 2.11 bits per heavy atom. The molecule has 1 aromatic carbocycles. The predicted octanol–water partition coefficient (Wildman–Crippen LogP) is 3.95. The van der Waals surface area contributed by atoms with Gasteiger partial charge in [-0.15, -0.1) is 11.3 Å². The number of thiazole rings is 1. The summed E-state index contributed by atoms with van der Waals surface area (Å²) in [7, 11) is 0. The molecule has 18 heavy (non-hydrogen) atoms. The van der Waals surface area contributed by atoms with Gasteiger partial charge in [0.2, 0.25) is 0 Å². The minimum absolute atomic E-state index is 0.236. The fraction of sp³-hybridized carbons (Fsp3) is 0.333. The number of aryl methyl sites for hydroxylation is 3. The Balaban J connectivity index is 2.25. The summed E-state index contributed by atoms with van der Waals surface area (Å²) >= 11 is 1.70. The Bertz CT molecular complexity index is 572. The van der Waals surface area contributed by atoms with Crippen molar-refractivity contribution in [3.8, 4) is 10.6 Å². The number of ketones is 1. The number of Topliss-reactive ketones (excluding diaryl/α,β-unsaturated/α-hetero) is 1. The number of rotatable bonds is 4. The lowest BCUT2D eigenvalue weighted by Gasteiger charge is -1.97. The molecule has 0 aliphatic rings. The maximum Gasteiger partial charge on any atom is 0.130 e. The molecule has 0 aliphatic carbocycles. The van der Waals surface area contributed by atoms with E-state index in [1.54, 1.807) is 18.3 Å². The van der Waals surface area contributed by atoms with E-state index in [2.05, 4.69) is 36.2 Å². The fourth-order valence-electron chi connectivity index (χ4n) is 1.85. The molecule has 0 spiro atoms. The molecule has 2 rings (SSSR count). The molecule has 2 nitrogen and oxygen atoms in total. The van der Waals surface area contributed by atoms with Gasteiger partial charge in [-0.25, -0.2) is 4.98 Å². The number of carbonyl (C=O) groups is 1. The summed E-state index contributed by atoms with van der Waals surface area (Å²) in [5.74, 6) is 0.236.